The summed E-state index contributed by atoms with van der Waals surface area (Å²) >= 11 is 0. The van der Waals surface area contributed by atoms with Crippen molar-refractivity contribution in [2.75, 3.05) is 0 Å². The van der Waals surface area contributed by atoms with E-state index in [-0.39, 0.29) is 0 Å². The van der Waals surface area contributed by atoms with Crippen LogP contribution in [0, 0.1) is 0 Å². The Kier molecular flexibility index (Phi) is 7.02. The molecule has 1 nitrogen and oxygen atoms in total. The Morgan fingerprint density at radius 1 is 1.31 bits per heavy atom. The first-order chi connectivity index (χ1) is 7.62. The van der Waals surface area contributed by atoms with Gasteiger partial charge in [0, 0.05) is 11.3 Å². The fourth-order valence-corrected chi connectivity index (χ4v) is 1.50. The first-order valence-corrected chi connectivity index (χ1v) is 5.69. The highest BCUT2D eigenvalue weighted by Crippen LogP contribution is 2.22. The Hall–Kier alpha value is -1.50. The zero-order valence-corrected chi connectivity index (χ0v) is 10.7. The second-order valence-corrected chi connectivity index (χ2v) is 3.68. The van der Waals surface area contributed by atoms with Gasteiger partial charge in [0.05, 0.1) is 0 Å². The van der Waals surface area contributed by atoms with E-state index < -0.39 is 0 Å². The third-order valence-electron chi connectivity index (χ3n) is 2.54. The molecule has 0 radical (unpaired) electrons. The van der Waals surface area contributed by atoms with Crippen molar-refractivity contribution in [2.24, 2.45) is 5.73 Å². The molecule has 0 spiro atoms. The van der Waals surface area contributed by atoms with Gasteiger partial charge in [0.2, 0.25) is 0 Å². The van der Waals surface area contributed by atoms with Crippen molar-refractivity contribution in [3.63, 3.8) is 0 Å². The molecule has 0 aromatic carbocycles. The van der Waals surface area contributed by atoms with Crippen LogP contribution in [0.4, 0.5) is 0 Å². The second kappa shape index (κ2) is 7.75. The van der Waals surface area contributed by atoms with E-state index in [1.54, 1.807) is 6.08 Å². The van der Waals surface area contributed by atoms with E-state index in [1.165, 1.54) is 5.57 Å². The molecule has 16 heavy (non-hydrogen) atoms. The zero-order valence-electron chi connectivity index (χ0n) is 10.7. The molecule has 0 aliphatic rings. The van der Waals surface area contributed by atoms with E-state index in [0.29, 0.717) is 0 Å². The van der Waals surface area contributed by atoms with E-state index in [0.717, 1.165) is 29.7 Å². The Balaban J connectivity index is 5.47. The Labute approximate surface area is 99.7 Å². The standard InChI is InChI=1S/C15H23N/c1-6-10-13(11-7-2)14(9-4)15(16)12(5)8-3/h6,8-10H,1,4,7,11,16H2,2-3,5H3/b12-8+,13-10+,15-14+. The van der Waals surface area contributed by atoms with Crippen LogP contribution < -0.4 is 5.73 Å². The van der Waals surface area contributed by atoms with Crippen LogP contribution in [0.25, 0.3) is 0 Å². The molecule has 0 saturated heterocycles. The minimum Gasteiger partial charge on any atom is -0.398 e. The largest absolute Gasteiger partial charge is 0.398 e. The average molecular weight is 217 g/mol. The molecule has 0 amide bonds. The van der Waals surface area contributed by atoms with E-state index in [2.05, 4.69) is 20.1 Å². The Morgan fingerprint density at radius 2 is 1.94 bits per heavy atom. The summed E-state index contributed by atoms with van der Waals surface area (Å²) in [6, 6.07) is 0. The normalized spacial score (nSPS) is 14.4. The lowest BCUT2D eigenvalue weighted by Crippen LogP contribution is -2.05. The summed E-state index contributed by atoms with van der Waals surface area (Å²) in [5.74, 6) is 0. The highest BCUT2D eigenvalue weighted by atomic mass is 14.6. The maximum Gasteiger partial charge on any atom is 0.0416 e. The molecule has 0 fully saturated rings. The minimum absolute atomic E-state index is 0.805. The SMILES string of the molecule is C=C/C=C(CCC)/C(C=C)=C(N)\C(C)=C\C. The number of hydrogen-bond donors (Lipinski definition) is 1. The minimum atomic E-state index is 0.805. The molecule has 0 atom stereocenters. The van der Waals surface area contributed by atoms with Gasteiger partial charge in [-0.05, 0) is 31.4 Å². The average Bonchev–Trinajstić information content (AvgIpc) is 2.29. The van der Waals surface area contributed by atoms with Gasteiger partial charge < -0.3 is 5.73 Å². The molecule has 0 heterocycles. The summed E-state index contributed by atoms with van der Waals surface area (Å²) in [6.45, 7) is 13.7. The third-order valence-corrected chi connectivity index (χ3v) is 2.54. The smallest absolute Gasteiger partial charge is 0.0416 e. The van der Waals surface area contributed by atoms with Crippen molar-refractivity contribution in [1.29, 1.82) is 0 Å². The zero-order chi connectivity index (χ0) is 12.6. The lowest BCUT2D eigenvalue weighted by Gasteiger charge is -2.12. The van der Waals surface area contributed by atoms with Crippen molar-refractivity contribution in [1.82, 2.24) is 0 Å². The highest BCUT2D eigenvalue weighted by molar-refractivity contribution is 5.48. The number of allylic oxidation sites excluding steroid dienone is 7. The summed E-state index contributed by atoms with van der Waals surface area (Å²) in [5.41, 5.74) is 10.2. The van der Waals surface area contributed by atoms with E-state index >= 15 is 0 Å². The van der Waals surface area contributed by atoms with Gasteiger partial charge in [-0.2, -0.15) is 0 Å². The first-order valence-electron chi connectivity index (χ1n) is 5.69. The lowest BCUT2D eigenvalue weighted by molar-refractivity contribution is 0.913. The predicted octanol–water partition coefficient (Wildman–Crippen LogP) is 4.26. The van der Waals surface area contributed by atoms with Crippen molar-refractivity contribution in [3.8, 4) is 0 Å². The molecular formula is C15H23N. The summed E-state index contributed by atoms with van der Waals surface area (Å²) in [5, 5.41) is 0. The lowest BCUT2D eigenvalue weighted by atomic mass is 9.96. The summed E-state index contributed by atoms with van der Waals surface area (Å²) < 4.78 is 0. The van der Waals surface area contributed by atoms with Gasteiger partial charge in [-0.1, -0.05) is 50.8 Å². The molecule has 0 aromatic heterocycles. The number of rotatable bonds is 6. The van der Waals surface area contributed by atoms with Gasteiger partial charge in [0.1, 0.15) is 0 Å². The molecule has 0 bridgehead atoms. The van der Waals surface area contributed by atoms with Gasteiger partial charge in [-0.25, -0.2) is 0 Å². The van der Waals surface area contributed by atoms with E-state index in [1.807, 2.05) is 32.1 Å². The van der Waals surface area contributed by atoms with Gasteiger partial charge in [-0.15, -0.1) is 0 Å². The van der Waals surface area contributed by atoms with Gasteiger partial charge in [0.25, 0.3) is 0 Å². The summed E-state index contributed by atoms with van der Waals surface area (Å²) in [4.78, 5) is 0. The molecular weight excluding hydrogens is 194 g/mol. The van der Waals surface area contributed by atoms with Crippen LogP contribution in [-0.4, -0.2) is 0 Å². The highest BCUT2D eigenvalue weighted by Gasteiger charge is 2.06. The molecule has 0 saturated carbocycles. The molecule has 2 N–H and O–H groups in total. The maximum absolute atomic E-state index is 6.11. The van der Waals surface area contributed by atoms with Crippen LogP contribution in [-0.2, 0) is 0 Å². The van der Waals surface area contributed by atoms with Crippen LogP contribution in [0.15, 0.2) is 59.9 Å². The van der Waals surface area contributed by atoms with Gasteiger partial charge in [0.15, 0.2) is 0 Å². The van der Waals surface area contributed by atoms with Crippen molar-refractivity contribution in [3.05, 3.63) is 59.9 Å². The van der Waals surface area contributed by atoms with Gasteiger partial charge in [-0.3, -0.25) is 0 Å². The molecule has 0 aromatic rings. The van der Waals surface area contributed by atoms with Crippen molar-refractivity contribution < 1.29 is 0 Å². The molecule has 0 rings (SSSR count). The summed E-state index contributed by atoms with van der Waals surface area (Å²) in [6.07, 6.45) is 9.72. The molecule has 88 valence electrons. The first kappa shape index (κ1) is 14.5. The molecule has 0 unspecified atom stereocenters. The predicted molar refractivity (Wildman–Crippen MR) is 74.0 cm³/mol. The van der Waals surface area contributed by atoms with E-state index in [4.69, 9.17) is 5.73 Å². The number of hydrogen-bond acceptors (Lipinski definition) is 1. The van der Waals surface area contributed by atoms with Crippen LogP contribution in [0.5, 0.6) is 0 Å². The fourth-order valence-electron chi connectivity index (χ4n) is 1.50. The summed E-state index contributed by atoms with van der Waals surface area (Å²) in [7, 11) is 0. The number of nitrogens with two attached hydrogens (primary N) is 1. The molecule has 0 aliphatic heterocycles. The molecule has 1 heteroatoms. The van der Waals surface area contributed by atoms with Crippen LogP contribution in [0.3, 0.4) is 0 Å². The van der Waals surface area contributed by atoms with Crippen LogP contribution >= 0.6 is 0 Å². The third kappa shape index (κ3) is 3.93. The topological polar surface area (TPSA) is 26.0 Å². The quantitative estimate of drug-likeness (QED) is 0.661. The van der Waals surface area contributed by atoms with Gasteiger partial charge >= 0.3 is 0 Å². The van der Waals surface area contributed by atoms with Crippen LogP contribution in [0.2, 0.25) is 0 Å². The Morgan fingerprint density at radius 3 is 2.31 bits per heavy atom. The fraction of sp³-hybridized carbons (Fsp3) is 0.333. The van der Waals surface area contributed by atoms with E-state index in [9.17, 15) is 0 Å². The monoisotopic (exact) mass is 217 g/mol. The molecule has 0 aliphatic carbocycles. The van der Waals surface area contributed by atoms with Crippen molar-refractivity contribution >= 4 is 0 Å². The van der Waals surface area contributed by atoms with Crippen LogP contribution in [0.1, 0.15) is 33.6 Å². The Bertz CT molecular complexity index is 340. The second-order valence-electron chi connectivity index (χ2n) is 3.68. The van der Waals surface area contributed by atoms with Crippen molar-refractivity contribution in [2.45, 2.75) is 33.6 Å². The maximum atomic E-state index is 6.11.